The summed E-state index contributed by atoms with van der Waals surface area (Å²) < 4.78 is 5.33. The molecule has 0 bridgehead atoms. The molecule has 1 N–H and O–H groups in total. The van der Waals surface area contributed by atoms with Crippen molar-refractivity contribution in [2.45, 2.75) is 19.3 Å². The van der Waals surface area contributed by atoms with Crippen LogP contribution in [0.15, 0.2) is 34.9 Å². The minimum absolute atomic E-state index is 0.0215. The van der Waals surface area contributed by atoms with Crippen molar-refractivity contribution >= 4 is 6.03 Å². The third-order valence-corrected chi connectivity index (χ3v) is 3.63. The van der Waals surface area contributed by atoms with Gasteiger partial charge in [-0.15, -0.1) is 0 Å². The van der Waals surface area contributed by atoms with Crippen LogP contribution >= 0.6 is 0 Å². The first-order valence-electron chi connectivity index (χ1n) is 7.19. The van der Waals surface area contributed by atoms with Crippen molar-refractivity contribution < 1.29 is 9.32 Å². The average molecular weight is 286 g/mol. The van der Waals surface area contributed by atoms with E-state index in [1.807, 2.05) is 37.3 Å². The second-order valence-electron chi connectivity index (χ2n) is 5.09. The van der Waals surface area contributed by atoms with E-state index in [-0.39, 0.29) is 11.9 Å². The highest BCUT2D eigenvalue weighted by Crippen LogP contribution is 2.27. The molecule has 2 heterocycles. The van der Waals surface area contributed by atoms with Crippen LogP contribution < -0.4 is 5.32 Å². The van der Waals surface area contributed by atoms with Gasteiger partial charge in [-0.3, -0.25) is 0 Å². The number of amides is 2. The Labute approximate surface area is 123 Å². The fourth-order valence-electron chi connectivity index (χ4n) is 2.52. The van der Waals surface area contributed by atoms with Gasteiger partial charge in [0.15, 0.2) is 5.82 Å². The lowest BCUT2D eigenvalue weighted by Crippen LogP contribution is -2.38. The summed E-state index contributed by atoms with van der Waals surface area (Å²) >= 11 is 0. The van der Waals surface area contributed by atoms with Crippen LogP contribution in [0.25, 0.3) is 11.5 Å². The molecule has 6 nitrogen and oxygen atoms in total. The molecule has 1 fully saturated rings. The smallest absolute Gasteiger partial charge is 0.317 e. The van der Waals surface area contributed by atoms with Gasteiger partial charge in [0.1, 0.15) is 0 Å². The maximum absolute atomic E-state index is 11.8. The predicted molar refractivity (Wildman–Crippen MR) is 77.7 cm³/mol. The predicted octanol–water partition coefficient (Wildman–Crippen LogP) is 2.26. The first-order valence-corrected chi connectivity index (χ1v) is 7.19. The van der Waals surface area contributed by atoms with Gasteiger partial charge in [0, 0.05) is 31.1 Å². The molecule has 0 spiro atoms. The van der Waals surface area contributed by atoms with Crippen molar-refractivity contribution in [3.8, 4) is 11.5 Å². The molecule has 110 valence electrons. The van der Waals surface area contributed by atoms with Crippen molar-refractivity contribution in [1.82, 2.24) is 20.4 Å². The van der Waals surface area contributed by atoms with Crippen LogP contribution in [0.5, 0.6) is 0 Å². The molecule has 6 heteroatoms. The van der Waals surface area contributed by atoms with Gasteiger partial charge in [0.2, 0.25) is 0 Å². The monoisotopic (exact) mass is 286 g/mol. The maximum atomic E-state index is 11.8. The van der Waals surface area contributed by atoms with E-state index in [4.69, 9.17) is 4.52 Å². The molecule has 1 atom stereocenters. The Morgan fingerprint density at radius 3 is 3.00 bits per heavy atom. The minimum atomic E-state index is -0.0215. The van der Waals surface area contributed by atoms with E-state index >= 15 is 0 Å². The molecule has 1 aromatic carbocycles. The maximum Gasteiger partial charge on any atom is 0.317 e. The lowest BCUT2D eigenvalue weighted by Gasteiger charge is -2.15. The van der Waals surface area contributed by atoms with E-state index in [2.05, 4.69) is 15.5 Å². The number of rotatable bonds is 3. The number of carbonyl (C=O) groups is 1. The van der Waals surface area contributed by atoms with Crippen LogP contribution in [0.3, 0.4) is 0 Å². The summed E-state index contributed by atoms with van der Waals surface area (Å²) in [5.74, 6) is 1.36. The van der Waals surface area contributed by atoms with E-state index in [0.29, 0.717) is 24.8 Å². The molecule has 1 aromatic heterocycles. The largest absolute Gasteiger partial charge is 0.338 e. The molecule has 21 heavy (non-hydrogen) atoms. The third kappa shape index (κ3) is 2.89. The van der Waals surface area contributed by atoms with Crippen molar-refractivity contribution in [2.75, 3.05) is 19.6 Å². The van der Waals surface area contributed by atoms with Gasteiger partial charge in [-0.2, -0.15) is 4.98 Å². The summed E-state index contributed by atoms with van der Waals surface area (Å²) in [6, 6.07) is 9.67. The fraction of sp³-hybridized carbons (Fsp3) is 0.400. The summed E-state index contributed by atoms with van der Waals surface area (Å²) in [6.45, 7) is 3.92. The van der Waals surface area contributed by atoms with Crippen molar-refractivity contribution in [1.29, 1.82) is 0 Å². The Morgan fingerprint density at radius 1 is 1.43 bits per heavy atom. The topological polar surface area (TPSA) is 71.3 Å². The van der Waals surface area contributed by atoms with E-state index in [1.54, 1.807) is 4.90 Å². The highest BCUT2D eigenvalue weighted by molar-refractivity contribution is 5.74. The van der Waals surface area contributed by atoms with E-state index < -0.39 is 0 Å². The second-order valence-corrected chi connectivity index (χ2v) is 5.09. The molecule has 0 saturated carbocycles. The Morgan fingerprint density at radius 2 is 2.24 bits per heavy atom. The van der Waals surface area contributed by atoms with Gasteiger partial charge < -0.3 is 14.7 Å². The lowest BCUT2D eigenvalue weighted by atomic mass is 10.1. The van der Waals surface area contributed by atoms with Crippen molar-refractivity contribution in [2.24, 2.45) is 0 Å². The van der Waals surface area contributed by atoms with E-state index in [0.717, 1.165) is 18.5 Å². The average Bonchev–Trinajstić information content (AvgIpc) is 3.17. The van der Waals surface area contributed by atoms with E-state index in [9.17, 15) is 4.79 Å². The zero-order valence-electron chi connectivity index (χ0n) is 12.0. The van der Waals surface area contributed by atoms with Crippen LogP contribution in [-0.4, -0.2) is 40.7 Å². The molecule has 0 unspecified atom stereocenters. The number of aromatic nitrogens is 2. The summed E-state index contributed by atoms with van der Waals surface area (Å²) in [4.78, 5) is 18.1. The number of nitrogens with zero attached hydrogens (tertiary/aromatic N) is 3. The number of nitrogens with one attached hydrogen (secondary N) is 1. The number of likely N-dealkylation sites (tertiary alicyclic amines) is 1. The number of benzene rings is 1. The molecular weight excluding hydrogens is 268 g/mol. The zero-order valence-corrected chi connectivity index (χ0v) is 12.0. The molecule has 2 amide bonds. The first-order chi connectivity index (χ1) is 10.3. The van der Waals surface area contributed by atoms with E-state index in [1.165, 1.54) is 0 Å². The van der Waals surface area contributed by atoms with Crippen LogP contribution in [-0.2, 0) is 0 Å². The number of carbonyl (C=O) groups excluding carboxylic acids is 1. The molecule has 1 aliphatic rings. The molecule has 1 saturated heterocycles. The molecule has 3 rings (SSSR count). The zero-order chi connectivity index (χ0) is 14.7. The molecule has 0 radical (unpaired) electrons. The standard InChI is InChI=1S/C15H18N4O2/c1-2-16-15(20)19-9-8-12(10-19)13-17-14(21-18-13)11-6-4-3-5-7-11/h3-7,12H,2,8-10H2,1H3,(H,16,20)/t12-/m1/s1. The highest BCUT2D eigenvalue weighted by atomic mass is 16.5. The quantitative estimate of drug-likeness (QED) is 0.939. The molecule has 1 aliphatic heterocycles. The summed E-state index contributed by atoms with van der Waals surface area (Å²) in [5.41, 5.74) is 0.912. The van der Waals surface area contributed by atoms with Crippen LogP contribution in [0.4, 0.5) is 4.79 Å². The number of urea groups is 1. The second kappa shape index (κ2) is 5.95. The van der Waals surface area contributed by atoms with Gasteiger partial charge in [0.25, 0.3) is 5.89 Å². The Balaban J connectivity index is 1.69. The fourth-order valence-corrected chi connectivity index (χ4v) is 2.52. The van der Waals surface area contributed by atoms with Gasteiger partial charge in [0.05, 0.1) is 0 Å². The summed E-state index contributed by atoms with van der Waals surface area (Å²) in [7, 11) is 0. The number of hydrogen-bond acceptors (Lipinski definition) is 4. The molecular formula is C15H18N4O2. The highest BCUT2D eigenvalue weighted by Gasteiger charge is 2.30. The lowest BCUT2D eigenvalue weighted by molar-refractivity contribution is 0.208. The Bertz CT molecular complexity index is 611. The normalized spacial score (nSPS) is 18.0. The van der Waals surface area contributed by atoms with Gasteiger partial charge in [-0.25, -0.2) is 4.79 Å². The Kier molecular flexibility index (Phi) is 3.85. The number of hydrogen-bond donors (Lipinski definition) is 1. The van der Waals surface area contributed by atoms with Crippen molar-refractivity contribution in [3.63, 3.8) is 0 Å². The van der Waals surface area contributed by atoms with Crippen LogP contribution in [0, 0.1) is 0 Å². The third-order valence-electron chi connectivity index (χ3n) is 3.63. The molecule has 2 aromatic rings. The van der Waals surface area contributed by atoms with Crippen LogP contribution in [0.2, 0.25) is 0 Å². The SMILES string of the molecule is CCNC(=O)N1CC[C@@H](c2noc(-c3ccccc3)n2)C1. The first kappa shape index (κ1) is 13.6. The van der Waals surface area contributed by atoms with Crippen molar-refractivity contribution in [3.05, 3.63) is 36.2 Å². The summed E-state index contributed by atoms with van der Waals surface area (Å²) in [5, 5.41) is 6.88. The van der Waals surface area contributed by atoms with Gasteiger partial charge in [-0.05, 0) is 25.5 Å². The van der Waals surface area contributed by atoms with Gasteiger partial charge in [-0.1, -0.05) is 23.4 Å². The minimum Gasteiger partial charge on any atom is -0.338 e. The van der Waals surface area contributed by atoms with Gasteiger partial charge >= 0.3 is 6.03 Å². The summed E-state index contributed by atoms with van der Waals surface area (Å²) in [6.07, 6.45) is 0.866. The molecule has 0 aliphatic carbocycles. The Hall–Kier alpha value is -2.37. The van der Waals surface area contributed by atoms with Crippen LogP contribution in [0.1, 0.15) is 25.1 Å².